The van der Waals surface area contributed by atoms with Gasteiger partial charge in [-0.2, -0.15) is 5.10 Å². The van der Waals surface area contributed by atoms with Gasteiger partial charge in [-0.1, -0.05) is 29.4 Å². The van der Waals surface area contributed by atoms with E-state index in [0.717, 1.165) is 47.1 Å². The molecule has 5 nitrogen and oxygen atoms in total. The van der Waals surface area contributed by atoms with Crippen molar-refractivity contribution in [1.29, 1.82) is 0 Å². The van der Waals surface area contributed by atoms with Gasteiger partial charge in [0.15, 0.2) is 0 Å². The van der Waals surface area contributed by atoms with Crippen molar-refractivity contribution in [3.63, 3.8) is 0 Å². The largest absolute Gasteiger partial charge is 0.326 e. The van der Waals surface area contributed by atoms with E-state index in [1.807, 2.05) is 31.2 Å². The Morgan fingerprint density at radius 2 is 1.94 bits per heavy atom. The highest BCUT2D eigenvalue weighted by atomic mass is 35.5. The summed E-state index contributed by atoms with van der Waals surface area (Å²) in [7, 11) is 0. The average molecular weight is 469 g/mol. The van der Waals surface area contributed by atoms with Crippen LogP contribution in [0.5, 0.6) is 0 Å². The van der Waals surface area contributed by atoms with E-state index in [9.17, 15) is 4.79 Å². The topological polar surface area (TPSA) is 48.3 Å². The van der Waals surface area contributed by atoms with Crippen LogP contribution in [-0.2, 0) is 6.42 Å². The number of hydrazone groups is 1. The minimum absolute atomic E-state index is 0.00812. The number of fused-ring (bicyclic) bond motifs is 1. The molecule has 7 heteroatoms. The van der Waals surface area contributed by atoms with Crippen molar-refractivity contribution in [2.75, 3.05) is 24.5 Å². The molecule has 2 aromatic rings. The summed E-state index contributed by atoms with van der Waals surface area (Å²) in [6.07, 6.45) is 2.06. The Balaban J connectivity index is 1.73. The molecule has 0 N–H and O–H groups in total. The highest BCUT2D eigenvalue weighted by molar-refractivity contribution is 8.15. The summed E-state index contributed by atoms with van der Waals surface area (Å²) >= 11 is 7.46. The van der Waals surface area contributed by atoms with Crippen molar-refractivity contribution >= 4 is 45.8 Å². The number of aryl methyl sites for hydroxylation is 1. The summed E-state index contributed by atoms with van der Waals surface area (Å²) in [6.45, 7) is 10.4. The van der Waals surface area contributed by atoms with E-state index in [-0.39, 0.29) is 9.99 Å². The number of carbonyl (C=O) groups excluding carboxylic acids is 1. The molecule has 0 unspecified atom stereocenters. The van der Waals surface area contributed by atoms with Gasteiger partial charge in [-0.05, 0) is 88.1 Å². The van der Waals surface area contributed by atoms with Gasteiger partial charge < -0.3 is 4.90 Å². The Labute approximate surface area is 199 Å². The quantitative estimate of drug-likeness (QED) is 0.394. The summed E-state index contributed by atoms with van der Waals surface area (Å²) in [6, 6.07) is 14.5. The lowest BCUT2D eigenvalue weighted by molar-refractivity contribution is 0.226. The van der Waals surface area contributed by atoms with Crippen LogP contribution < -0.4 is 4.90 Å². The van der Waals surface area contributed by atoms with E-state index in [4.69, 9.17) is 21.7 Å². The third kappa shape index (κ3) is 4.44. The smallest absolute Gasteiger partial charge is 0.302 e. The third-order valence-corrected chi connectivity index (χ3v) is 7.12. The second-order valence-electron chi connectivity index (χ2n) is 8.45. The Morgan fingerprint density at radius 1 is 1.19 bits per heavy atom. The molecule has 0 fully saturated rings. The summed E-state index contributed by atoms with van der Waals surface area (Å²) < 4.78 is -0.372. The molecule has 2 heterocycles. The number of halogens is 1. The lowest BCUT2D eigenvalue weighted by atomic mass is 9.93. The summed E-state index contributed by atoms with van der Waals surface area (Å²) in [5, 5.41) is 7.01. The molecule has 0 saturated heterocycles. The first-order chi connectivity index (χ1) is 15.3. The first-order valence-electron chi connectivity index (χ1n) is 11.1. The monoisotopic (exact) mass is 468 g/mol. The van der Waals surface area contributed by atoms with Crippen molar-refractivity contribution in [2.45, 2.75) is 45.3 Å². The molecule has 0 saturated carbocycles. The summed E-state index contributed by atoms with van der Waals surface area (Å²) in [5.41, 5.74) is 5.57. The number of benzene rings is 2. The molecular weight excluding hydrogens is 440 g/mol. The van der Waals surface area contributed by atoms with Crippen LogP contribution in [0.25, 0.3) is 0 Å². The Hall–Kier alpha value is -2.31. The molecule has 168 valence electrons. The van der Waals surface area contributed by atoms with Crippen LogP contribution in [0.1, 0.15) is 50.8 Å². The van der Waals surface area contributed by atoms with E-state index < -0.39 is 0 Å². The predicted molar refractivity (Wildman–Crippen MR) is 137 cm³/mol. The fourth-order valence-corrected chi connectivity index (χ4v) is 5.35. The summed E-state index contributed by atoms with van der Waals surface area (Å²) in [5.74, 6) is 0.978. The van der Waals surface area contributed by atoms with E-state index in [2.05, 4.69) is 43.9 Å². The fraction of sp³-hybridized carbons (Fsp3) is 0.400. The van der Waals surface area contributed by atoms with Gasteiger partial charge in [0.25, 0.3) is 0 Å². The maximum absolute atomic E-state index is 12.3. The zero-order valence-corrected chi connectivity index (χ0v) is 20.6. The molecule has 2 aliphatic heterocycles. The number of amides is 1. The highest BCUT2D eigenvalue weighted by Crippen LogP contribution is 2.37. The van der Waals surface area contributed by atoms with Crippen molar-refractivity contribution in [3.05, 3.63) is 64.2 Å². The Bertz CT molecular complexity index is 1080. The predicted octanol–water partition coefficient (Wildman–Crippen LogP) is 6.23. The van der Waals surface area contributed by atoms with Crippen molar-refractivity contribution in [3.8, 4) is 0 Å². The second-order valence-corrected chi connectivity index (χ2v) is 10.5. The normalized spacial score (nSPS) is 18.5. The molecule has 0 atom stereocenters. The molecule has 2 aliphatic rings. The van der Waals surface area contributed by atoms with Crippen LogP contribution in [0.15, 0.2) is 52.6 Å². The fourth-order valence-electron chi connectivity index (χ4n) is 4.25. The number of hydrogen-bond donors (Lipinski definition) is 0. The number of aliphatic imine (C=N–C) groups is 1. The van der Waals surface area contributed by atoms with Gasteiger partial charge in [0.2, 0.25) is 0 Å². The Kier molecular flexibility index (Phi) is 6.63. The van der Waals surface area contributed by atoms with E-state index in [1.54, 1.807) is 5.01 Å². The van der Waals surface area contributed by atoms with Gasteiger partial charge in [0.05, 0.1) is 10.5 Å². The molecule has 1 amide bonds. The van der Waals surface area contributed by atoms with Gasteiger partial charge in [0, 0.05) is 35.9 Å². The van der Waals surface area contributed by atoms with Gasteiger partial charge in [-0.25, -0.2) is 5.01 Å². The van der Waals surface area contributed by atoms with Crippen LogP contribution >= 0.6 is 23.4 Å². The average Bonchev–Trinajstić information content (AvgIpc) is 2.77. The van der Waals surface area contributed by atoms with E-state index in [0.29, 0.717) is 13.1 Å². The van der Waals surface area contributed by atoms with E-state index >= 15 is 0 Å². The lowest BCUT2D eigenvalue weighted by Gasteiger charge is -2.35. The van der Waals surface area contributed by atoms with Gasteiger partial charge in [-0.15, -0.1) is 0 Å². The summed E-state index contributed by atoms with van der Waals surface area (Å²) in [4.78, 5) is 19.5. The maximum atomic E-state index is 12.3. The second kappa shape index (κ2) is 9.28. The van der Waals surface area contributed by atoms with Crippen LogP contribution in [0.4, 0.5) is 10.5 Å². The molecule has 0 bridgehead atoms. The first kappa shape index (κ1) is 22.9. The molecule has 4 rings (SSSR count). The lowest BCUT2D eigenvalue weighted by Crippen LogP contribution is -2.41. The van der Waals surface area contributed by atoms with Crippen LogP contribution in [0, 0.1) is 0 Å². The minimum atomic E-state index is -0.372. The van der Waals surface area contributed by atoms with Crippen molar-refractivity contribution < 1.29 is 4.79 Å². The standard InChI is InChI=1S/C25H29ClN4OS/c1-5-27-23(17-9-12-20(26)13-10-17)29-15-7-8-18-16-19(11-14-21(18)29)22-25(3,4)32-24(31)30(6-2)28-22/h9-14,16H,5-8,15H2,1-4H3. The molecule has 0 spiro atoms. The van der Waals surface area contributed by atoms with Crippen molar-refractivity contribution in [2.24, 2.45) is 10.1 Å². The van der Waals surface area contributed by atoms with Crippen molar-refractivity contribution in [1.82, 2.24) is 5.01 Å². The maximum Gasteiger partial charge on any atom is 0.302 e. The molecule has 0 radical (unpaired) electrons. The van der Waals surface area contributed by atoms with Gasteiger partial charge in [-0.3, -0.25) is 9.79 Å². The van der Waals surface area contributed by atoms with Gasteiger partial charge in [0.1, 0.15) is 5.84 Å². The van der Waals surface area contributed by atoms with Crippen LogP contribution in [0.3, 0.4) is 0 Å². The number of thioether (sulfide) groups is 1. The highest BCUT2D eigenvalue weighted by Gasteiger charge is 2.37. The van der Waals surface area contributed by atoms with Gasteiger partial charge >= 0.3 is 5.24 Å². The number of nitrogens with zero attached hydrogens (tertiary/aromatic N) is 4. The molecular formula is C25H29ClN4OS. The number of carbonyl (C=O) groups is 1. The zero-order valence-electron chi connectivity index (χ0n) is 19.1. The molecule has 0 aliphatic carbocycles. The minimum Gasteiger partial charge on any atom is -0.326 e. The molecule has 0 aromatic heterocycles. The number of anilines is 1. The third-order valence-electron chi connectivity index (χ3n) is 5.78. The first-order valence-corrected chi connectivity index (χ1v) is 12.3. The van der Waals surface area contributed by atoms with E-state index in [1.165, 1.54) is 23.0 Å². The van der Waals surface area contributed by atoms with Crippen LogP contribution in [0.2, 0.25) is 5.02 Å². The number of rotatable bonds is 4. The van der Waals surface area contributed by atoms with Crippen LogP contribution in [-0.4, -0.2) is 46.2 Å². The zero-order chi connectivity index (χ0) is 22.9. The number of hydrogen-bond acceptors (Lipinski definition) is 4. The number of amidine groups is 1. The molecule has 32 heavy (non-hydrogen) atoms. The molecule has 2 aromatic carbocycles. The Morgan fingerprint density at radius 3 is 2.62 bits per heavy atom. The SMILES string of the molecule is CCN=C(c1ccc(Cl)cc1)N1CCCc2cc(C3=NN(CC)C(=O)SC3(C)C)ccc21.